The molecule has 4 rings (SSSR count). The Labute approximate surface area is 251 Å². The minimum Gasteiger partial charge on any atom is -0.394 e. The second-order valence-electron chi connectivity index (χ2n) is 11.4. The van der Waals surface area contributed by atoms with Gasteiger partial charge in [0.15, 0.2) is 0 Å². The van der Waals surface area contributed by atoms with E-state index in [1.54, 1.807) is 40.6 Å². The van der Waals surface area contributed by atoms with E-state index in [4.69, 9.17) is 0 Å². The van der Waals surface area contributed by atoms with Gasteiger partial charge in [0.1, 0.15) is 6.04 Å². The highest BCUT2D eigenvalue weighted by atomic mass is 79.9. The van der Waals surface area contributed by atoms with Crippen LogP contribution in [-0.4, -0.2) is 90.2 Å². The van der Waals surface area contributed by atoms with Gasteiger partial charge in [-0.15, -0.1) is 24.9 Å². The molecule has 1 aromatic rings. The quantitative estimate of drug-likeness (QED) is 0.260. The number of carbonyl (C=O) groups is 3. The first kappa shape index (κ1) is 30.8. The number of carbonyl (C=O) groups excluding carboxylic acids is 3. The van der Waals surface area contributed by atoms with Crippen molar-refractivity contribution in [1.29, 1.82) is 0 Å². The molecule has 1 spiro atoms. The Kier molecular flexibility index (Phi) is 9.89. The number of halogens is 1. The van der Waals surface area contributed by atoms with Gasteiger partial charge in [0.25, 0.3) is 0 Å². The summed E-state index contributed by atoms with van der Waals surface area (Å²) in [6.45, 7) is 14.6. The summed E-state index contributed by atoms with van der Waals surface area (Å²) in [5, 5.41) is 10.1. The van der Waals surface area contributed by atoms with E-state index in [-0.39, 0.29) is 40.4 Å². The molecule has 3 heterocycles. The van der Waals surface area contributed by atoms with E-state index in [2.05, 4.69) is 36.0 Å². The molecule has 9 heteroatoms. The topological polar surface area (TPSA) is 81.2 Å². The molecular weight excluding hydrogens is 590 g/mol. The highest BCUT2D eigenvalue weighted by molar-refractivity contribution is 9.09. The van der Waals surface area contributed by atoms with Crippen LogP contribution in [0.4, 0.5) is 0 Å². The van der Waals surface area contributed by atoms with Crippen LogP contribution in [-0.2, 0) is 20.9 Å². The van der Waals surface area contributed by atoms with E-state index in [9.17, 15) is 19.5 Å². The average molecular weight is 633 g/mol. The van der Waals surface area contributed by atoms with E-state index in [0.29, 0.717) is 26.1 Å². The van der Waals surface area contributed by atoms with Gasteiger partial charge >= 0.3 is 0 Å². The molecule has 218 valence electrons. The molecule has 1 N–H and O–H groups in total. The zero-order valence-corrected chi connectivity index (χ0v) is 26.1. The van der Waals surface area contributed by atoms with E-state index < -0.39 is 28.7 Å². The maximum Gasteiger partial charge on any atom is 0.247 e. The summed E-state index contributed by atoms with van der Waals surface area (Å²) < 4.78 is -0.755. The van der Waals surface area contributed by atoms with Crippen molar-refractivity contribution in [2.45, 2.75) is 79.5 Å². The number of fused-ring (bicyclic) bond motifs is 1. The van der Waals surface area contributed by atoms with Crippen LogP contribution in [0.15, 0.2) is 55.6 Å². The number of alkyl halides is 1. The van der Waals surface area contributed by atoms with Crippen molar-refractivity contribution in [3.8, 4) is 0 Å². The number of aliphatic hydroxyl groups excluding tert-OH is 1. The fourth-order valence-electron chi connectivity index (χ4n) is 6.95. The molecule has 3 fully saturated rings. The van der Waals surface area contributed by atoms with Crippen molar-refractivity contribution < 1.29 is 19.5 Å². The van der Waals surface area contributed by atoms with Gasteiger partial charge in [0.2, 0.25) is 17.7 Å². The van der Waals surface area contributed by atoms with Crippen LogP contribution in [0.1, 0.15) is 45.6 Å². The van der Waals surface area contributed by atoms with Crippen LogP contribution >= 0.6 is 27.7 Å². The molecule has 8 atom stereocenters. The second-order valence-corrected chi connectivity index (χ2v) is 14.1. The Morgan fingerprint density at radius 3 is 2.48 bits per heavy atom. The Hall–Kier alpha value is -2.10. The van der Waals surface area contributed by atoms with Gasteiger partial charge in [-0.1, -0.05) is 71.8 Å². The fourth-order valence-corrected chi connectivity index (χ4v) is 10.5. The van der Waals surface area contributed by atoms with Gasteiger partial charge in [0, 0.05) is 35.8 Å². The second kappa shape index (κ2) is 12.8. The van der Waals surface area contributed by atoms with Crippen molar-refractivity contribution in [2.24, 2.45) is 11.8 Å². The molecule has 3 saturated heterocycles. The zero-order valence-electron chi connectivity index (χ0n) is 23.7. The van der Waals surface area contributed by atoms with Gasteiger partial charge in [-0.25, -0.2) is 0 Å². The lowest BCUT2D eigenvalue weighted by Gasteiger charge is -2.41. The smallest absolute Gasteiger partial charge is 0.247 e. The highest BCUT2D eigenvalue weighted by Crippen LogP contribution is 2.68. The van der Waals surface area contributed by atoms with Crippen molar-refractivity contribution in [3.63, 3.8) is 0 Å². The third-order valence-electron chi connectivity index (χ3n) is 8.71. The van der Waals surface area contributed by atoms with E-state index in [1.165, 1.54) is 0 Å². The molecule has 7 nitrogen and oxygen atoms in total. The number of hydrogen-bond acceptors (Lipinski definition) is 5. The highest BCUT2D eigenvalue weighted by Gasteiger charge is 2.76. The predicted molar refractivity (Wildman–Crippen MR) is 164 cm³/mol. The van der Waals surface area contributed by atoms with Crippen molar-refractivity contribution >= 4 is 45.4 Å². The molecule has 0 saturated carbocycles. The number of thioether (sulfide) groups is 1. The standard InChI is InChI=1S/C31H42BrN3O4S/c1-6-12-20(4)34(16-8-3)30(39)27-31-17-23(32)26(40-31)24(25(31)29(38)35(27)21(5)19-36)28(37)33(15-7-2)18-22-13-10-9-11-14-22/h7-11,13-14,20-21,23-27,36H,2-3,6,12,15-19H2,1,4-5H3/t20?,21-,23?,24+,25+,26+,27?,31?/m1/s1. The minimum absolute atomic E-state index is 0.0154. The van der Waals surface area contributed by atoms with Crippen LogP contribution in [0.5, 0.6) is 0 Å². The first-order valence-electron chi connectivity index (χ1n) is 14.3. The summed E-state index contributed by atoms with van der Waals surface area (Å²) in [6.07, 6.45) is 5.81. The molecule has 40 heavy (non-hydrogen) atoms. The number of rotatable bonds is 13. The van der Waals surface area contributed by atoms with Crippen LogP contribution in [0.3, 0.4) is 0 Å². The van der Waals surface area contributed by atoms with E-state index in [1.807, 2.05) is 42.2 Å². The number of amides is 3. The molecule has 1 aromatic carbocycles. The first-order valence-corrected chi connectivity index (χ1v) is 16.1. The monoisotopic (exact) mass is 631 g/mol. The van der Waals surface area contributed by atoms with Gasteiger partial charge < -0.3 is 19.8 Å². The Morgan fingerprint density at radius 1 is 1.20 bits per heavy atom. The molecule has 4 unspecified atom stereocenters. The van der Waals surface area contributed by atoms with Crippen molar-refractivity contribution in [2.75, 3.05) is 19.7 Å². The Bertz CT molecular complexity index is 1120. The normalized spacial score (nSPS) is 30.1. The summed E-state index contributed by atoms with van der Waals surface area (Å²) in [6, 6.07) is 8.47. The molecule has 0 radical (unpaired) electrons. The maximum atomic E-state index is 14.5. The number of aliphatic hydroxyl groups is 1. The maximum absolute atomic E-state index is 14.5. The molecular formula is C31H42BrN3O4S. The molecule has 0 aliphatic carbocycles. The first-order chi connectivity index (χ1) is 19.2. The summed E-state index contributed by atoms with van der Waals surface area (Å²) in [4.78, 5) is 48.3. The van der Waals surface area contributed by atoms with Gasteiger partial charge in [-0.3, -0.25) is 14.4 Å². The molecule has 2 bridgehead atoms. The lowest BCUT2D eigenvalue weighted by atomic mass is 9.70. The summed E-state index contributed by atoms with van der Waals surface area (Å²) in [5.74, 6) is -1.62. The molecule has 0 aromatic heterocycles. The van der Waals surface area contributed by atoms with E-state index >= 15 is 0 Å². The molecule has 3 amide bonds. The van der Waals surface area contributed by atoms with Crippen molar-refractivity contribution in [3.05, 3.63) is 61.2 Å². The van der Waals surface area contributed by atoms with Crippen LogP contribution < -0.4 is 0 Å². The van der Waals surface area contributed by atoms with Gasteiger partial charge in [-0.05, 0) is 32.3 Å². The van der Waals surface area contributed by atoms with Crippen molar-refractivity contribution in [1.82, 2.24) is 14.7 Å². The Balaban J connectivity index is 1.76. The number of benzene rings is 1. The predicted octanol–water partition coefficient (Wildman–Crippen LogP) is 4.25. The average Bonchev–Trinajstić information content (AvgIpc) is 3.54. The molecule has 3 aliphatic rings. The minimum atomic E-state index is -0.763. The summed E-state index contributed by atoms with van der Waals surface area (Å²) in [7, 11) is 0. The molecule has 3 aliphatic heterocycles. The van der Waals surface area contributed by atoms with Gasteiger partial charge in [-0.2, -0.15) is 0 Å². The van der Waals surface area contributed by atoms with Gasteiger partial charge in [0.05, 0.1) is 29.2 Å². The number of nitrogens with zero attached hydrogens (tertiary/aromatic N) is 3. The lowest BCUT2D eigenvalue weighted by Crippen LogP contribution is -2.58. The third kappa shape index (κ3) is 5.29. The zero-order chi connectivity index (χ0) is 29.2. The lowest BCUT2D eigenvalue weighted by molar-refractivity contribution is -0.147. The SMILES string of the molecule is C=CCN(Cc1ccccc1)C(=O)[C@H]1[C@H]2C(=O)N([C@H](C)CO)C(C(=O)N(CC=C)C(C)CCC)C23CC(Br)[C@@H]1S3. The third-order valence-corrected chi connectivity index (χ3v) is 11.9. The number of likely N-dealkylation sites (tertiary alicyclic amines) is 1. The van der Waals surface area contributed by atoms with Crippen LogP contribution in [0.25, 0.3) is 0 Å². The van der Waals surface area contributed by atoms with Crippen LogP contribution in [0, 0.1) is 11.8 Å². The largest absolute Gasteiger partial charge is 0.394 e. The summed E-state index contributed by atoms with van der Waals surface area (Å²) >= 11 is 5.48. The Morgan fingerprint density at radius 2 is 1.88 bits per heavy atom. The fraction of sp³-hybridized carbons (Fsp3) is 0.581. The summed E-state index contributed by atoms with van der Waals surface area (Å²) in [5.41, 5.74) is 1.00. The van der Waals surface area contributed by atoms with Crippen LogP contribution in [0.2, 0.25) is 0 Å². The number of hydrogen-bond donors (Lipinski definition) is 1. The van der Waals surface area contributed by atoms with E-state index in [0.717, 1.165) is 18.4 Å².